The van der Waals surface area contributed by atoms with E-state index in [2.05, 4.69) is 53.2 Å². The second kappa shape index (κ2) is 34.0. The molecule has 0 aromatic carbocycles. The van der Waals surface area contributed by atoms with Gasteiger partial charge in [0.05, 0.1) is 31.5 Å². The number of hydrogen-bond donors (Lipinski definition) is 18. The Hall–Kier alpha value is -8.73. The third-order valence-electron chi connectivity index (χ3n) is 13.6. The zero-order valence-corrected chi connectivity index (χ0v) is 45.7. The number of amides is 11. The first kappa shape index (κ1) is 67.8. The van der Waals surface area contributed by atoms with Gasteiger partial charge >= 0.3 is 5.97 Å². The number of carbonyl (C=O) groups excluding carboxylic acids is 12. The maximum atomic E-state index is 14.2. The van der Waals surface area contributed by atoms with Gasteiger partial charge in [0.1, 0.15) is 48.1 Å². The van der Waals surface area contributed by atoms with Crippen molar-refractivity contribution < 1.29 is 98.3 Å². The first-order valence-electron chi connectivity index (χ1n) is 27.0. The van der Waals surface area contributed by atoms with Crippen LogP contribution in [0, 0.1) is 0 Å². The number of hydrogen-bond acceptors (Lipinski definition) is 22. The molecule has 8 unspecified atom stereocenters. The zero-order valence-electron chi connectivity index (χ0n) is 45.7. The number of ketones is 1. The minimum absolute atomic E-state index is 0.0210. The van der Waals surface area contributed by atoms with E-state index in [0.717, 1.165) is 0 Å². The van der Waals surface area contributed by atoms with Crippen LogP contribution in [0.1, 0.15) is 83.5 Å². The van der Waals surface area contributed by atoms with Crippen LogP contribution in [-0.2, 0) is 62.3 Å². The van der Waals surface area contributed by atoms with Crippen molar-refractivity contribution in [3.8, 4) is 0 Å². The Morgan fingerprint density at radius 3 is 2.07 bits per heavy atom. The summed E-state index contributed by atoms with van der Waals surface area (Å²) in [5, 5.41) is 95.3. The molecule has 0 spiro atoms. The van der Waals surface area contributed by atoms with Crippen molar-refractivity contribution in [2.45, 2.75) is 132 Å². The molecule has 34 nitrogen and oxygen atoms in total. The van der Waals surface area contributed by atoms with Crippen molar-refractivity contribution >= 4 is 77.7 Å². The quantitative estimate of drug-likeness (QED) is 0.0101. The van der Waals surface area contributed by atoms with E-state index in [9.17, 15) is 93.2 Å². The van der Waals surface area contributed by atoms with Crippen LogP contribution in [0.15, 0.2) is 46.8 Å². The van der Waals surface area contributed by atoms with Crippen LogP contribution in [0.5, 0.6) is 0 Å². The number of nitrogens with zero attached hydrogens (tertiary/aromatic N) is 3. The lowest BCUT2D eigenvalue weighted by atomic mass is 9.90. The van der Waals surface area contributed by atoms with E-state index in [0.29, 0.717) is 11.5 Å². The largest absolute Gasteiger partial charge is 0.504 e. The topological polar surface area (TPSA) is 520 Å². The van der Waals surface area contributed by atoms with E-state index in [1.54, 1.807) is 0 Å². The number of carbonyl (C=O) groups is 13. The first-order chi connectivity index (χ1) is 40.0. The second-order valence-electron chi connectivity index (χ2n) is 19.7. The fourth-order valence-electron chi connectivity index (χ4n) is 9.11. The number of carboxylic acid groups (broad SMARTS) is 1. The highest BCUT2D eigenvalue weighted by atomic mass is 16.5. The molecule has 2 fully saturated rings. The molecule has 2 saturated heterocycles. The van der Waals surface area contributed by atoms with Crippen LogP contribution in [0.2, 0.25) is 0 Å². The molecule has 19 N–H and O–H groups in total. The summed E-state index contributed by atoms with van der Waals surface area (Å²) in [5.74, 6) is -12.1. The fraction of sp³-hybridized carbons (Fsp3) is 0.580. The number of rotatable bonds is 31. The number of Topliss-reactive ketones (excluding diaryl/α,β-unsaturated/α-hetero) is 1. The lowest BCUT2D eigenvalue weighted by molar-refractivity contribution is -0.150. The van der Waals surface area contributed by atoms with Gasteiger partial charge in [0.15, 0.2) is 11.5 Å². The monoisotopic (exact) mass is 1190 g/mol. The lowest BCUT2D eigenvalue weighted by Crippen LogP contribution is -2.62. The molecular formula is C50H74N14O20. The van der Waals surface area contributed by atoms with E-state index < -0.39 is 157 Å². The molecule has 34 heteroatoms. The molecule has 0 aromatic heterocycles. The van der Waals surface area contributed by atoms with Crippen LogP contribution in [0.3, 0.4) is 0 Å². The number of aliphatic carboxylic acids is 1. The minimum atomic E-state index is -1.73. The Morgan fingerprint density at radius 2 is 1.40 bits per heavy atom. The van der Waals surface area contributed by atoms with Crippen LogP contribution in [-0.4, -0.2) is 230 Å². The average molecular weight is 1190 g/mol. The number of carboxylic acids is 1. The van der Waals surface area contributed by atoms with E-state index in [-0.39, 0.29) is 132 Å². The van der Waals surface area contributed by atoms with E-state index in [4.69, 9.17) is 10.8 Å². The summed E-state index contributed by atoms with van der Waals surface area (Å²) in [5.41, 5.74) is 5.98. The highest BCUT2D eigenvalue weighted by molar-refractivity contribution is 6.32. The predicted octanol–water partition coefficient (Wildman–Crippen LogP) is -6.73. The predicted molar refractivity (Wildman–Crippen MR) is 285 cm³/mol. The van der Waals surface area contributed by atoms with Gasteiger partial charge in [-0.1, -0.05) is 0 Å². The van der Waals surface area contributed by atoms with Crippen LogP contribution < -0.4 is 58.9 Å². The van der Waals surface area contributed by atoms with Gasteiger partial charge in [0.25, 0.3) is 0 Å². The molecule has 0 radical (unpaired) electrons. The molecule has 464 valence electrons. The average Bonchev–Trinajstić information content (AvgIpc) is 1.54. The number of fused-ring (bicyclic) bond motifs is 3. The number of aliphatic hydroxyl groups excluding tert-OH is 4. The van der Waals surface area contributed by atoms with Crippen molar-refractivity contribution in [1.29, 1.82) is 0 Å². The molecule has 4 aliphatic rings. The summed E-state index contributed by atoms with van der Waals surface area (Å²) in [6, 6.07) is -11.1. The first-order valence-corrected chi connectivity index (χ1v) is 27.0. The Morgan fingerprint density at radius 1 is 0.726 bits per heavy atom. The lowest BCUT2D eigenvalue weighted by Gasteiger charge is -2.47. The normalized spacial score (nSPS) is 20.9. The summed E-state index contributed by atoms with van der Waals surface area (Å²) in [6.07, 6.45) is 3.13. The van der Waals surface area contributed by atoms with Crippen molar-refractivity contribution in [2.75, 3.05) is 52.5 Å². The smallest absolute Gasteiger partial charge is 0.372 e. The van der Waals surface area contributed by atoms with Gasteiger partial charge in [-0.3, -0.25) is 67.9 Å². The number of nitrogens with one attached hydrogen (secondary N) is 10. The Bertz CT molecular complexity index is 2580. The molecule has 4 rings (SSSR count). The number of hydroxylamine groups is 4. The van der Waals surface area contributed by atoms with Gasteiger partial charge in [-0.15, -0.1) is 0 Å². The molecule has 84 heavy (non-hydrogen) atoms. The van der Waals surface area contributed by atoms with Gasteiger partial charge in [-0.2, -0.15) is 0 Å². The molecule has 1 aliphatic carbocycles. The number of allylic oxidation sites excluding steroid dienone is 1. The van der Waals surface area contributed by atoms with Crippen molar-refractivity contribution in [2.24, 2.45) is 5.73 Å². The third kappa shape index (κ3) is 20.6. The standard InChI is InChI=1S/C50H74N14O20/c51-14-3-1-7-28(57-48(79)34(24-66)61-49(80)35-13-16-52-42-32(56-40(72)12-11-37(69)50(81)82)19-27-20-38(70)39(71)21-36(27)64(35)42)43(74)54-22-41(73)55-29(9-5-17-62(83)25-67)45(76)58-30-8-2-4-15-53-44(75)33(23-65)60-47(78)31(59-46(30)77)10-6-18-63(84)26-68/h19-21,25-26,28-31,33-36,52,65-66,70-71,83-84H,1-18,22-24,51H2,(H,53,75)(H,54,74)(H,55,73)(H,56,72)(H,57,79)(H,58,76)(H,59,77)(H,60,78)(H,61,80)(H,81,82). The summed E-state index contributed by atoms with van der Waals surface area (Å²) < 4.78 is 0. The molecule has 0 bridgehead atoms. The molecule has 3 heterocycles. The zero-order chi connectivity index (χ0) is 62.0. The van der Waals surface area contributed by atoms with E-state index >= 15 is 0 Å². The second-order valence-corrected chi connectivity index (χ2v) is 19.7. The van der Waals surface area contributed by atoms with E-state index in [1.807, 2.05) is 0 Å². The Labute approximate surface area is 480 Å². The Balaban J connectivity index is 1.49. The fourth-order valence-corrected chi connectivity index (χ4v) is 9.11. The van der Waals surface area contributed by atoms with Crippen molar-refractivity contribution in [3.05, 3.63) is 46.8 Å². The van der Waals surface area contributed by atoms with Gasteiger partial charge < -0.3 is 89.3 Å². The Kier molecular flexibility index (Phi) is 27.4. The SMILES string of the molecule is NCCCCC(NC(=O)C(CO)NC(=O)C1CCNC2=C(NC(=O)CCC(=O)C(=O)O)C=C3C=C(O)C(O)=CC3N21)C(=O)NCC(=O)NC(CCCN(O)C=O)C(=O)NC1CCCCNC(=O)C(CO)NC(=O)C(CCCN(O)C=O)NC1=O. The minimum Gasteiger partial charge on any atom is -0.504 e. The number of aliphatic hydroxyl groups is 4. The van der Waals surface area contributed by atoms with Crippen LogP contribution >= 0.6 is 0 Å². The molecule has 3 aliphatic heterocycles. The van der Waals surface area contributed by atoms with Gasteiger partial charge in [0, 0.05) is 39.0 Å². The van der Waals surface area contributed by atoms with Crippen LogP contribution in [0.4, 0.5) is 0 Å². The van der Waals surface area contributed by atoms with Gasteiger partial charge in [-0.05, 0) is 101 Å². The van der Waals surface area contributed by atoms with Gasteiger partial charge in [-0.25, -0.2) is 14.9 Å². The number of nitrogens with two attached hydrogens (primary N) is 1. The maximum absolute atomic E-state index is 14.2. The maximum Gasteiger partial charge on any atom is 0.372 e. The highest BCUT2D eigenvalue weighted by Gasteiger charge is 2.43. The van der Waals surface area contributed by atoms with E-state index in [1.165, 1.54) is 23.1 Å². The summed E-state index contributed by atoms with van der Waals surface area (Å²) in [4.78, 5) is 169. The molecule has 8 atom stereocenters. The summed E-state index contributed by atoms with van der Waals surface area (Å²) >= 11 is 0. The highest BCUT2D eigenvalue weighted by Crippen LogP contribution is 2.35. The summed E-state index contributed by atoms with van der Waals surface area (Å²) in [6.45, 7) is -2.93. The molecule has 0 saturated carbocycles. The number of unbranched alkanes of at least 4 members (excludes halogenated alkanes) is 1. The molecular weight excluding hydrogens is 1120 g/mol. The van der Waals surface area contributed by atoms with Crippen LogP contribution in [0.25, 0.3) is 0 Å². The molecule has 11 amide bonds. The molecule has 0 aromatic rings. The third-order valence-corrected chi connectivity index (χ3v) is 13.6. The van der Waals surface area contributed by atoms with Crippen molar-refractivity contribution in [3.63, 3.8) is 0 Å². The van der Waals surface area contributed by atoms with Crippen molar-refractivity contribution in [1.82, 2.24) is 68.2 Å². The summed E-state index contributed by atoms with van der Waals surface area (Å²) in [7, 11) is 0. The van der Waals surface area contributed by atoms with Gasteiger partial charge in [0.2, 0.25) is 71.8 Å².